The van der Waals surface area contributed by atoms with Gasteiger partial charge in [0.15, 0.2) is 5.11 Å². The third-order valence-corrected chi connectivity index (χ3v) is 5.60. The molecule has 4 rings (SSSR count). The maximum atomic E-state index is 12.8. The monoisotopic (exact) mass is 449 g/mol. The van der Waals surface area contributed by atoms with Crippen molar-refractivity contribution in [2.24, 2.45) is 0 Å². The summed E-state index contributed by atoms with van der Waals surface area (Å²) in [6, 6.07) is 15.3. The second-order valence-corrected chi connectivity index (χ2v) is 7.57. The number of ether oxygens (including phenoxy) is 2. The Hall–Kier alpha value is -3.65. The van der Waals surface area contributed by atoms with Crippen LogP contribution in [0.5, 0.6) is 11.5 Å². The zero-order valence-electron chi connectivity index (χ0n) is 17.8. The first-order chi connectivity index (χ1) is 15.5. The Bertz CT molecular complexity index is 1210. The molecule has 7 nitrogen and oxygen atoms in total. The fraction of sp³-hybridized carbons (Fsp3) is 0.208. The molecule has 32 heavy (non-hydrogen) atoms. The Balaban J connectivity index is 1.58. The van der Waals surface area contributed by atoms with Gasteiger partial charge in [-0.25, -0.2) is 0 Å². The molecule has 1 aliphatic rings. The zero-order chi connectivity index (χ0) is 22.7. The van der Waals surface area contributed by atoms with Crippen molar-refractivity contribution in [3.63, 3.8) is 0 Å². The van der Waals surface area contributed by atoms with Crippen molar-refractivity contribution in [2.75, 3.05) is 20.3 Å². The highest BCUT2D eigenvalue weighted by molar-refractivity contribution is 7.80. The number of nitrogens with zero attached hydrogens (tertiary/aromatic N) is 2. The summed E-state index contributed by atoms with van der Waals surface area (Å²) in [5, 5.41) is 3.67. The van der Waals surface area contributed by atoms with Gasteiger partial charge in [-0.1, -0.05) is 18.2 Å². The molecule has 3 aromatic rings. The molecular weight excluding hydrogens is 426 g/mol. The number of likely N-dealkylation sites (N-methyl/N-ethyl adjacent to an activating group) is 1. The van der Waals surface area contributed by atoms with E-state index in [1.54, 1.807) is 13.2 Å². The smallest absolute Gasteiger partial charge is 0.265 e. The quantitative estimate of drug-likeness (QED) is 0.340. The van der Waals surface area contributed by atoms with Crippen molar-refractivity contribution >= 4 is 46.1 Å². The molecule has 1 N–H and O–H groups in total. The Kier molecular flexibility index (Phi) is 6.23. The van der Waals surface area contributed by atoms with Crippen molar-refractivity contribution < 1.29 is 19.1 Å². The number of aromatic nitrogens is 1. The minimum Gasteiger partial charge on any atom is -0.497 e. The topological polar surface area (TPSA) is 72.8 Å². The first-order valence-electron chi connectivity index (χ1n) is 10.3. The molecule has 0 unspecified atom stereocenters. The number of thiocarbonyl (C=S) groups is 1. The lowest BCUT2D eigenvalue weighted by Gasteiger charge is -2.27. The maximum absolute atomic E-state index is 12.8. The van der Waals surface area contributed by atoms with Crippen LogP contribution in [-0.2, 0) is 16.1 Å². The van der Waals surface area contributed by atoms with Gasteiger partial charge in [-0.2, -0.15) is 0 Å². The molecule has 1 saturated heterocycles. The summed E-state index contributed by atoms with van der Waals surface area (Å²) in [5.74, 6) is 0.658. The van der Waals surface area contributed by atoms with E-state index >= 15 is 0 Å². The highest BCUT2D eigenvalue weighted by Gasteiger charge is 2.32. The van der Waals surface area contributed by atoms with Crippen molar-refractivity contribution in [1.82, 2.24) is 14.8 Å². The SMILES string of the molecule is CCN1C(=O)C(=Cc2cn(CCOc3ccc(OC)cc3)c3ccccc23)C(=O)NC1=S. The van der Waals surface area contributed by atoms with Gasteiger partial charge in [0, 0.05) is 29.2 Å². The minimum absolute atomic E-state index is 0.0674. The van der Waals surface area contributed by atoms with Crippen LogP contribution >= 0.6 is 12.2 Å². The molecule has 0 atom stereocenters. The minimum atomic E-state index is -0.482. The maximum Gasteiger partial charge on any atom is 0.265 e. The average Bonchev–Trinajstić information content (AvgIpc) is 3.15. The zero-order valence-corrected chi connectivity index (χ0v) is 18.6. The van der Waals surface area contributed by atoms with E-state index < -0.39 is 5.91 Å². The standard InChI is InChI=1S/C24H23N3O4S/c1-3-27-23(29)20(22(28)25-24(27)32)14-16-15-26(21-7-5-4-6-19(16)21)12-13-31-18-10-8-17(30-2)9-11-18/h4-11,14-15H,3,12-13H2,1-2H3,(H,25,28,32). The van der Waals surface area contributed by atoms with Crippen molar-refractivity contribution in [3.8, 4) is 11.5 Å². The summed E-state index contributed by atoms with van der Waals surface area (Å²) in [4.78, 5) is 26.6. The molecule has 0 radical (unpaired) electrons. The molecule has 164 valence electrons. The van der Waals surface area contributed by atoms with E-state index in [0.29, 0.717) is 19.7 Å². The van der Waals surface area contributed by atoms with Crippen LogP contribution in [0.4, 0.5) is 0 Å². The van der Waals surface area contributed by atoms with Crippen LogP contribution in [0.1, 0.15) is 12.5 Å². The van der Waals surface area contributed by atoms with E-state index in [1.165, 1.54) is 4.90 Å². The van der Waals surface area contributed by atoms with Gasteiger partial charge in [0.25, 0.3) is 11.8 Å². The number of hydrogen-bond donors (Lipinski definition) is 1. The number of carbonyl (C=O) groups excluding carboxylic acids is 2. The second-order valence-electron chi connectivity index (χ2n) is 7.19. The number of benzene rings is 2. The highest BCUT2D eigenvalue weighted by atomic mass is 32.1. The number of methoxy groups -OCH3 is 1. The van der Waals surface area contributed by atoms with Gasteiger partial charge >= 0.3 is 0 Å². The van der Waals surface area contributed by atoms with Gasteiger partial charge in [-0.05, 0) is 55.5 Å². The van der Waals surface area contributed by atoms with E-state index in [2.05, 4.69) is 9.88 Å². The number of nitrogens with one attached hydrogen (secondary N) is 1. The molecule has 0 aliphatic carbocycles. The van der Waals surface area contributed by atoms with Gasteiger partial charge in [0.05, 0.1) is 13.7 Å². The lowest BCUT2D eigenvalue weighted by Crippen LogP contribution is -2.53. The predicted octanol–water partition coefficient (Wildman–Crippen LogP) is 3.38. The van der Waals surface area contributed by atoms with Crippen LogP contribution in [-0.4, -0.2) is 46.7 Å². The number of fused-ring (bicyclic) bond motifs is 1. The van der Waals surface area contributed by atoms with Crippen molar-refractivity contribution in [1.29, 1.82) is 0 Å². The third kappa shape index (κ3) is 4.22. The van der Waals surface area contributed by atoms with Crippen LogP contribution < -0.4 is 14.8 Å². The molecule has 1 aromatic heterocycles. The Morgan fingerprint density at radius 3 is 2.50 bits per heavy atom. The van der Waals surface area contributed by atoms with Gasteiger partial charge < -0.3 is 14.0 Å². The largest absolute Gasteiger partial charge is 0.497 e. The first kappa shape index (κ1) is 21.6. The van der Waals surface area contributed by atoms with Crippen LogP contribution in [0.2, 0.25) is 0 Å². The van der Waals surface area contributed by atoms with Gasteiger partial charge in [-0.3, -0.25) is 19.8 Å². The van der Waals surface area contributed by atoms with E-state index in [1.807, 2.05) is 61.7 Å². The lowest BCUT2D eigenvalue weighted by atomic mass is 10.1. The molecular formula is C24H23N3O4S. The van der Waals surface area contributed by atoms with Gasteiger partial charge in [0.1, 0.15) is 23.7 Å². The molecule has 1 fully saturated rings. The number of carbonyl (C=O) groups is 2. The van der Waals surface area contributed by atoms with Crippen LogP contribution in [0, 0.1) is 0 Å². The summed E-state index contributed by atoms with van der Waals surface area (Å²) >= 11 is 5.10. The molecule has 2 amide bonds. The van der Waals surface area contributed by atoms with Crippen LogP contribution in [0.15, 0.2) is 60.3 Å². The average molecular weight is 450 g/mol. The van der Waals surface area contributed by atoms with Crippen LogP contribution in [0.25, 0.3) is 17.0 Å². The molecule has 0 spiro atoms. The molecule has 1 aliphatic heterocycles. The number of para-hydroxylation sites is 1. The van der Waals surface area contributed by atoms with E-state index in [0.717, 1.165) is 28.0 Å². The molecule has 0 saturated carbocycles. The van der Waals surface area contributed by atoms with Gasteiger partial charge in [-0.15, -0.1) is 0 Å². The Morgan fingerprint density at radius 1 is 1.06 bits per heavy atom. The Morgan fingerprint density at radius 2 is 1.78 bits per heavy atom. The fourth-order valence-corrected chi connectivity index (χ4v) is 3.95. The fourth-order valence-electron chi connectivity index (χ4n) is 3.65. The summed E-state index contributed by atoms with van der Waals surface area (Å²) in [6.45, 7) is 3.26. The van der Waals surface area contributed by atoms with E-state index in [4.69, 9.17) is 21.7 Å². The van der Waals surface area contributed by atoms with E-state index in [9.17, 15) is 9.59 Å². The predicted molar refractivity (Wildman–Crippen MR) is 127 cm³/mol. The molecule has 2 aromatic carbocycles. The summed E-state index contributed by atoms with van der Waals surface area (Å²) in [7, 11) is 1.62. The second kappa shape index (κ2) is 9.23. The summed E-state index contributed by atoms with van der Waals surface area (Å²) in [5.41, 5.74) is 1.84. The number of rotatable bonds is 7. The number of hydrogen-bond acceptors (Lipinski definition) is 5. The lowest BCUT2D eigenvalue weighted by molar-refractivity contribution is -0.128. The molecule has 8 heteroatoms. The van der Waals surface area contributed by atoms with Crippen LogP contribution in [0.3, 0.4) is 0 Å². The Labute approximate surface area is 191 Å². The van der Waals surface area contributed by atoms with Gasteiger partial charge in [0.2, 0.25) is 0 Å². The van der Waals surface area contributed by atoms with Crippen molar-refractivity contribution in [2.45, 2.75) is 13.5 Å². The summed E-state index contributed by atoms with van der Waals surface area (Å²) < 4.78 is 13.1. The normalized spacial score (nSPS) is 15.4. The molecule has 0 bridgehead atoms. The third-order valence-electron chi connectivity index (χ3n) is 5.28. The van der Waals surface area contributed by atoms with Crippen molar-refractivity contribution in [3.05, 3.63) is 65.9 Å². The van der Waals surface area contributed by atoms with E-state index in [-0.39, 0.29) is 16.6 Å². The summed E-state index contributed by atoms with van der Waals surface area (Å²) in [6.07, 6.45) is 3.56. The first-order valence-corrected chi connectivity index (χ1v) is 10.7. The highest BCUT2D eigenvalue weighted by Crippen LogP contribution is 2.25. The molecule has 2 heterocycles. The number of amides is 2.